The van der Waals surface area contributed by atoms with Gasteiger partial charge in [-0.05, 0) is 24.3 Å². The fourth-order valence-corrected chi connectivity index (χ4v) is 2.37. The summed E-state index contributed by atoms with van der Waals surface area (Å²) in [6.07, 6.45) is -0.713. The van der Waals surface area contributed by atoms with E-state index in [0.29, 0.717) is 10.1 Å². The predicted molar refractivity (Wildman–Crippen MR) is 67.9 cm³/mol. The van der Waals surface area contributed by atoms with Gasteiger partial charge in [-0.15, -0.1) is 11.3 Å². The van der Waals surface area contributed by atoms with Crippen molar-refractivity contribution >= 4 is 22.9 Å². The van der Waals surface area contributed by atoms with Crippen molar-refractivity contribution in [2.45, 2.75) is 6.10 Å². The second-order valence-electron chi connectivity index (χ2n) is 3.47. The minimum Gasteiger partial charge on any atom is -0.508 e. The van der Waals surface area contributed by atoms with Gasteiger partial charge in [-0.25, -0.2) is 0 Å². The molecule has 1 aromatic carbocycles. The quantitative estimate of drug-likeness (QED) is 0.897. The first kappa shape index (κ1) is 12.2. The number of halogens is 1. The molecule has 0 bridgehead atoms. The second-order valence-corrected chi connectivity index (χ2v) is 5.21. The lowest BCUT2D eigenvalue weighted by Gasteiger charge is -2.10. The Morgan fingerprint density at radius 1 is 1.29 bits per heavy atom. The van der Waals surface area contributed by atoms with E-state index in [9.17, 15) is 10.2 Å². The Bertz CT molecular complexity index is 498. The van der Waals surface area contributed by atoms with E-state index in [-0.39, 0.29) is 12.4 Å². The van der Waals surface area contributed by atoms with Crippen molar-refractivity contribution in [1.82, 2.24) is 0 Å². The number of hydrogen-bond donors (Lipinski definition) is 2. The molecule has 2 N–H and O–H groups in total. The van der Waals surface area contributed by atoms with E-state index in [2.05, 4.69) is 0 Å². The molecule has 1 aromatic heterocycles. The van der Waals surface area contributed by atoms with Crippen LogP contribution in [0.3, 0.4) is 0 Å². The van der Waals surface area contributed by atoms with Gasteiger partial charge in [0, 0.05) is 10.9 Å². The number of benzene rings is 1. The minimum absolute atomic E-state index is 0.125. The number of thiophene rings is 1. The molecular formula is C12H11ClO3S. The van der Waals surface area contributed by atoms with Gasteiger partial charge in [-0.2, -0.15) is 0 Å². The summed E-state index contributed by atoms with van der Waals surface area (Å²) in [5.41, 5.74) is 0. The molecule has 1 heterocycles. The zero-order valence-corrected chi connectivity index (χ0v) is 10.4. The number of phenols is 1. The highest BCUT2D eigenvalue weighted by atomic mass is 35.5. The summed E-state index contributed by atoms with van der Waals surface area (Å²) in [4.78, 5) is 0.759. The summed E-state index contributed by atoms with van der Waals surface area (Å²) in [6.45, 7) is 0.125. The van der Waals surface area contributed by atoms with Crippen LogP contribution in [-0.2, 0) is 0 Å². The fourth-order valence-electron chi connectivity index (χ4n) is 1.34. The number of ether oxygens (including phenoxy) is 1. The van der Waals surface area contributed by atoms with Crippen LogP contribution in [0.4, 0.5) is 0 Å². The number of hydrogen-bond acceptors (Lipinski definition) is 4. The van der Waals surface area contributed by atoms with Crippen molar-refractivity contribution in [2.75, 3.05) is 6.61 Å². The first-order valence-electron chi connectivity index (χ1n) is 5.00. The highest BCUT2D eigenvalue weighted by molar-refractivity contribution is 7.16. The van der Waals surface area contributed by atoms with Gasteiger partial charge in [0.15, 0.2) is 0 Å². The Morgan fingerprint density at radius 2 is 2.12 bits per heavy atom. The van der Waals surface area contributed by atoms with Gasteiger partial charge in [0.25, 0.3) is 0 Å². The molecule has 17 heavy (non-hydrogen) atoms. The summed E-state index contributed by atoms with van der Waals surface area (Å²) in [5.74, 6) is 0.655. The molecule has 0 aliphatic carbocycles. The number of aromatic hydroxyl groups is 1. The van der Waals surface area contributed by atoms with E-state index in [1.165, 1.54) is 17.4 Å². The van der Waals surface area contributed by atoms with Gasteiger partial charge in [0.05, 0.1) is 4.34 Å². The van der Waals surface area contributed by atoms with Crippen molar-refractivity contribution in [3.63, 3.8) is 0 Å². The van der Waals surface area contributed by atoms with Gasteiger partial charge in [0.1, 0.15) is 24.2 Å². The number of aliphatic hydroxyl groups is 1. The molecule has 0 saturated heterocycles. The van der Waals surface area contributed by atoms with E-state index < -0.39 is 6.10 Å². The van der Waals surface area contributed by atoms with Crippen LogP contribution >= 0.6 is 22.9 Å². The molecule has 1 unspecified atom stereocenters. The lowest BCUT2D eigenvalue weighted by Crippen LogP contribution is -2.08. The number of aliphatic hydroxyl groups excluding tert-OH is 1. The molecule has 0 aliphatic heterocycles. The molecule has 0 amide bonds. The largest absolute Gasteiger partial charge is 0.508 e. The van der Waals surface area contributed by atoms with E-state index >= 15 is 0 Å². The standard InChI is InChI=1S/C12H11ClO3S/c13-12-5-4-11(17-12)10(15)7-16-9-3-1-2-8(14)6-9/h1-6,10,14-15H,7H2. The maximum absolute atomic E-state index is 9.83. The SMILES string of the molecule is Oc1cccc(OCC(O)c2ccc(Cl)s2)c1. The molecular weight excluding hydrogens is 260 g/mol. The van der Waals surface area contributed by atoms with Gasteiger partial charge < -0.3 is 14.9 Å². The fraction of sp³-hybridized carbons (Fsp3) is 0.167. The molecule has 2 aromatic rings. The normalized spacial score (nSPS) is 12.4. The third-order valence-corrected chi connectivity index (χ3v) is 3.48. The van der Waals surface area contributed by atoms with E-state index in [1.807, 2.05) is 0 Å². The van der Waals surface area contributed by atoms with Crippen molar-refractivity contribution in [3.8, 4) is 11.5 Å². The van der Waals surface area contributed by atoms with Gasteiger partial charge in [0.2, 0.25) is 0 Å². The Hall–Kier alpha value is -1.23. The molecule has 0 spiro atoms. The average Bonchev–Trinajstić information content (AvgIpc) is 2.73. The Balaban J connectivity index is 1.94. The zero-order chi connectivity index (χ0) is 12.3. The summed E-state index contributed by atoms with van der Waals surface area (Å²) in [7, 11) is 0. The van der Waals surface area contributed by atoms with Crippen molar-refractivity contribution in [2.24, 2.45) is 0 Å². The summed E-state index contributed by atoms with van der Waals surface area (Å²) in [5, 5.41) is 19.1. The van der Waals surface area contributed by atoms with Crippen molar-refractivity contribution in [3.05, 3.63) is 45.6 Å². The Morgan fingerprint density at radius 3 is 2.76 bits per heavy atom. The van der Waals surface area contributed by atoms with Gasteiger partial charge in [-0.1, -0.05) is 17.7 Å². The molecule has 3 nitrogen and oxygen atoms in total. The molecule has 2 rings (SSSR count). The third-order valence-electron chi connectivity index (χ3n) is 2.15. The maximum Gasteiger partial charge on any atom is 0.123 e. The van der Waals surface area contributed by atoms with Crippen molar-refractivity contribution in [1.29, 1.82) is 0 Å². The maximum atomic E-state index is 9.83. The summed E-state index contributed by atoms with van der Waals surface area (Å²) < 4.78 is 6.00. The zero-order valence-electron chi connectivity index (χ0n) is 8.84. The van der Waals surface area contributed by atoms with Crippen LogP contribution in [0.25, 0.3) is 0 Å². The van der Waals surface area contributed by atoms with Gasteiger partial charge >= 0.3 is 0 Å². The van der Waals surface area contributed by atoms with Gasteiger partial charge in [-0.3, -0.25) is 0 Å². The second kappa shape index (κ2) is 5.40. The molecule has 0 fully saturated rings. The number of rotatable bonds is 4. The summed E-state index contributed by atoms with van der Waals surface area (Å²) in [6, 6.07) is 9.95. The molecule has 90 valence electrons. The molecule has 0 aliphatic rings. The predicted octanol–water partition coefficient (Wildman–Crippen LogP) is 3.22. The third kappa shape index (κ3) is 3.36. The van der Waals surface area contributed by atoms with Crippen LogP contribution in [0, 0.1) is 0 Å². The smallest absolute Gasteiger partial charge is 0.123 e. The van der Waals surface area contributed by atoms with Crippen molar-refractivity contribution < 1.29 is 14.9 Å². The van der Waals surface area contributed by atoms with E-state index in [4.69, 9.17) is 16.3 Å². The Labute approximate surface area is 108 Å². The van der Waals surface area contributed by atoms with E-state index in [0.717, 1.165) is 4.88 Å². The van der Waals surface area contributed by atoms with Crippen LogP contribution in [0.2, 0.25) is 4.34 Å². The van der Waals surface area contributed by atoms with E-state index in [1.54, 1.807) is 30.3 Å². The lowest BCUT2D eigenvalue weighted by molar-refractivity contribution is 0.111. The summed E-state index contributed by atoms with van der Waals surface area (Å²) >= 11 is 7.10. The van der Waals surface area contributed by atoms with Crippen LogP contribution in [-0.4, -0.2) is 16.8 Å². The monoisotopic (exact) mass is 270 g/mol. The topological polar surface area (TPSA) is 49.7 Å². The molecule has 5 heteroatoms. The van der Waals surface area contributed by atoms with Crippen LogP contribution in [0.15, 0.2) is 36.4 Å². The van der Waals surface area contributed by atoms with Crippen LogP contribution in [0.5, 0.6) is 11.5 Å². The minimum atomic E-state index is -0.713. The van der Waals surface area contributed by atoms with Crippen LogP contribution < -0.4 is 4.74 Å². The first-order chi connectivity index (χ1) is 8.15. The molecule has 1 atom stereocenters. The highest BCUT2D eigenvalue weighted by Gasteiger charge is 2.11. The first-order valence-corrected chi connectivity index (χ1v) is 6.20. The molecule has 0 radical (unpaired) electrons. The highest BCUT2D eigenvalue weighted by Crippen LogP contribution is 2.27. The average molecular weight is 271 g/mol. The number of phenolic OH excluding ortho intramolecular Hbond substituents is 1. The van der Waals surface area contributed by atoms with Crippen LogP contribution in [0.1, 0.15) is 11.0 Å². The lowest BCUT2D eigenvalue weighted by atomic mass is 10.3. The molecule has 0 saturated carbocycles. The Kier molecular flexibility index (Phi) is 3.89.